The topological polar surface area (TPSA) is 42.7 Å². The Morgan fingerprint density at radius 2 is 2.25 bits per heavy atom. The lowest BCUT2D eigenvalue weighted by atomic mass is 10.1. The molecular formula is C19H24ClNO3. The predicted molar refractivity (Wildman–Crippen MR) is 95.5 cm³/mol. The highest BCUT2D eigenvalue weighted by Gasteiger charge is 2.17. The molecular weight excluding hydrogens is 326 g/mol. The van der Waals surface area contributed by atoms with E-state index in [2.05, 4.69) is 0 Å². The van der Waals surface area contributed by atoms with Gasteiger partial charge in [-0.1, -0.05) is 11.6 Å². The van der Waals surface area contributed by atoms with Crippen molar-refractivity contribution in [2.75, 3.05) is 20.2 Å². The minimum Gasteiger partial charge on any atom is -0.464 e. The standard InChI is InChI=1S/C19H24ClNO3/c1-13-9-18-16(11-17(13)20)14(12-24-18)10-19(22)21(2)7-3-5-15-6-4-8-23-15/h9,11-12,15H,3-8,10H2,1-2H3. The summed E-state index contributed by atoms with van der Waals surface area (Å²) in [5.74, 6) is 0.0988. The molecule has 1 amide bonds. The Labute approximate surface area is 147 Å². The van der Waals surface area contributed by atoms with Crippen LogP contribution in [0, 0.1) is 6.92 Å². The van der Waals surface area contributed by atoms with E-state index in [1.165, 1.54) is 0 Å². The fourth-order valence-electron chi connectivity index (χ4n) is 3.19. The molecule has 2 heterocycles. The van der Waals surface area contributed by atoms with E-state index >= 15 is 0 Å². The number of amides is 1. The van der Waals surface area contributed by atoms with Gasteiger partial charge in [-0.15, -0.1) is 0 Å². The van der Waals surface area contributed by atoms with E-state index in [4.69, 9.17) is 20.8 Å². The van der Waals surface area contributed by atoms with Gasteiger partial charge in [0.25, 0.3) is 0 Å². The number of nitrogens with zero attached hydrogens (tertiary/aromatic N) is 1. The summed E-state index contributed by atoms with van der Waals surface area (Å²) in [7, 11) is 1.86. The van der Waals surface area contributed by atoms with Gasteiger partial charge in [0.2, 0.25) is 5.91 Å². The van der Waals surface area contributed by atoms with Crippen LogP contribution in [-0.4, -0.2) is 37.1 Å². The summed E-state index contributed by atoms with van der Waals surface area (Å²) in [5, 5.41) is 1.62. The summed E-state index contributed by atoms with van der Waals surface area (Å²) >= 11 is 6.20. The zero-order chi connectivity index (χ0) is 17.1. The van der Waals surface area contributed by atoms with Crippen molar-refractivity contribution in [1.29, 1.82) is 0 Å². The fraction of sp³-hybridized carbons (Fsp3) is 0.526. The summed E-state index contributed by atoms with van der Waals surface area (Å²) in [4.78, 5) is 14.2. The van der Waals surface area contributed by atoms with Gasteiger partial charge >= 0.3 is 0 Å². The van der Waals surface area contributed by atoms with Crippen LogP contribution in [0.3, 0.4) is 0 Å². The third-order valence-electron chi connectivity index (χ3n) is 4.75. The maximum Gasteiger partial charge on any atom is 0.226 e. The molecule has 0 radical (unpaired) electrons. The lowest BCUT2D eigenvalue weighted by molar-refractivity contribution is -0.129. The first-order valence-corrected chi connectivity index (χ1v) is 8.94. The van der Waals surface area contributed by atoms with Crippen molar-refractivity contribution in [2.24, 2.45) is 0 Å². The summed E-state index contributed by atoms with van der Waals surface area (Å²) in [5.41, 5.74) is 2.64. The second kappa shape index (κ2) is 7.58. The van der Waals surface area contributed by atoms with Crippen LogP contribution in [0.4, 0.5) is 0 Å². The van der Waals surface area contributed by atoms with Crippen LogP contribution in [0.5, 0.6) is 0 Å². The third-order valence-corrected chi connectivity index (χ3v) is 5.15. The number of carbonyl (C=O) groups is 1. The van der Waals surface area contributed by atoms with E-state index in [1.807, 2.05) is 26.1 Å². The number of hydrogen-bond acceptors (Lipinski definition) is 3. The molecule has 0 bridgehead atoms. The normalized spacial score (nSPS) is 17.5. The van der Waals surface area contributed by atoms with Crippen molar-refractivity contribution in [3.05, 3.63) is 34.5 Å². The second-order valence-corrected chi connectivity index (χ2v) is 7.04. The van der Waals surface area contributed by atoms with Gasteiger partial charge in [-0.25, -0.2) is 0 Å². The summed E-state index contributed by atoms with van der Waals surface area (Å²) in [6.07, 6.45) is 6.71. The van der Waals surface area contributed by atoms with E-state index in [1.54, 1.807) is 11.2 Å². The highest BCUT2D eigenvalue weighted by molar-refractivity contribution is 6.32. The van der Waals surface area contributed by atoms with E-state index in [9.17, 15) is 4.79 Å². The van der Waals surface area contributed by atoms with Crippen LogP contribution in [0.25, 0.3) is 11.0 Å². The first-order valence-electron chi connectivity index (χ1n) is 8.56. The van der Waals surface area contributed by atoms with Crippen LogP contribution in [0.15, 0.2) is 22.8 Å². The molecule has 0 spiro atoms. The monoisotopic (exact) mass is 349 g/mol. The van der Waals surface area contributed by atoms with Crippen molar-refractivity contribution in [3.8, 4) is 0 Å². The second-order valence-electron chi connectivity index (χ2n) is 6.63. The van der Waals surface area contributed by atoms with E-state index in [-0.39, 0.29) is 5.91 Å². The van der Waals surface area contributed by atoms with Gasteiger partial charge in [0.1, 0.15) is 5.58 Å². The van der Waals surface area contributed by atoms with Gasteiger partial charge in [0.05, 0.1) is 18.8 Å². The molecule has 1 atom stereocenters. The molecule has 1 aromatic heterocycles. The Morgan fingerprint density at radius 1 is 1.42 bits per heavy atom. The average molecular weight is 350 g/mol. The first-order chi connectivity index (χ1) is 11.5. The molecule has 5 heteroatoms. The lowest BCUT2D eigenvalue weighted by Gasteiger charge is -2.18. The molecule has 1 aromatic carbocycles. The summed E-state index contributed by atoms with van der Waals surface area (Å²) in [6.45, 7) is 3.58. The van der Waals surface area contributed by atoms with Crippen LogP contribution in [0.1, 0.15) is 36.8 Å². The van der Waals surface area contributed by atoms with Crippen LogP contribution < -0.4 is 0 Å². The first kappa shape index (κ1) is 17.3. The number of rotatable bonds is 6. The number of fused-ring (bicyclic) bond motifs is 1. The van der Waals surface area contributed by atoms with Crippen LogP contribution >= 0.6 is 11.6 Å². The molecule has 1 unspecified atom stereocenters. The van der Waals surface area contributed by atoms with Crippen molar-refractivity contribution in [2.45, 2.75) is 45.1 Å². The zero-order valence-corrected chi connectivity index (χ0v) is 15.1. The van der Waals surface area contributed by atoms with E-state index in [0.717, 1.165) is 60.9 Å². The molecule has 24 heavy (non-hydrogen) atoms. The molecule has 0 saturated carbocycles. The smallest absolute Gasteiger partial charge is 0.226 e. The zero-order valence-electron chi connectivity index (χ0n) is 14.3. The average Bonchev–Trinajstić information content (AvgIpc) is 3.19. The number of likely N-dealkylation sites (N-methyl/N-ethyl adjacent to an activating group) is 1. The fourth-order valence-corrected chi connectivity index (χ4v) is 3.35. The molecule has 1 fully saturated rings. The predicted octanol–water partition coefficient (Wildman–Crippen LogP) is 4.35. The molecule has 2 aromatic rings. The number of halogens is 1. The molecule has 4 nitrogen and oxygen atoms in total. The van der Waals surface area contributed by atoms with E-state index in [0.29, 0.717) is 17.5 Å². The van der Waals surface area contributed by atoms with Gasteiger partial charge in [-0.2, -0.15) is 0 Å². The largest absolute Gasteiger partial charge is 0.464 e. The number of furan rings is 1. The SMILES string of the molecule is Cc1cc2occ(CC(=O)N(C)CCCC3CCCO3)c2cc1Cl. The Morgan fingerprint density at radius 3 is 3.00 bits per heavy atom. The van der Waals surface area contributed by atoms with Gasteiger partial charge in [-0.05, 0) is 50.3 Å². The maximum absolute atomic E-state index is 12.5. The van der Waals surface area contributed by atoms with Gasteiger partial charge in [0.15, 0.2) is 0 Å². The quantitative estimate of drug-likeness (QED) is 0.778. The minimum atomic E-state index is 0.0988. The number of aryl methyl sites for hydroxylation is 1. The maximum atomic E-state index is 12.5. The molecule has 0 N–H and O–H groups in total. The number of benzene rings is 1. The Bertz CT molecular complexity index is 719. The lowest BCUT2D eigenvalue weighted by Crippen LogP contribution is -2.29. The summed E-state index contributed by atoms with van der Waals surface area (Å²) in [6, 6.07) is 3.80. The minimum absolute atomic E-state index is 0.0988. The van der Waals surface area contributed by atoms with Crippen molar-refractivity contribution in [1.82, 2.24) is 4.90 Å². The highest BCUT2D eigenvalue weighted by atomic mass is 35.5. The highest BCUT2D eigenvalue weighted by Crippen LogP contribution is 2.28. The number of carbonyl (C=O) groups excluding carboxylic acids is 1. The molecule has 130 valence electrons. The molecule has 1 saturated heterocycles. The van der Waals surface area contributed by atoms with Crippen molar-refractivity contribution >= 4 is 28.5 Å². The Hall–Kier alpha value is -1.52. The molecule has 1 aliphatic rings. The van der Waals surface area contributed by atoms with Crippen molar-refractivity contribution in [3.63, 3.8) is 0 Å². The molecule has 3 rings (SSSR count). The molecule has 1 aliphatic heterocycles. The van der Waals surface area contributed by atoms with Gasteiger partial charge < -0.3 is 14.1 Å². The van der Waals surface area contributed by atoms with E-state index < -0.39 is 0 Å². The van der Waals surface area contributed by atoms with Crippen molar-refractivity contribution < 1.29 is 13.9 Å². The Balaban J connectivity index is 1.56. The number of ether oxygens (including phenoxy) is 1. The molecule has 0 aliphatic carbocycles. The van der Waals surface area contributed by atoms with Crippen LogP contribution in [0.2, 0.25) is 5.02 Å². The number of hydrogen-bond donors (Lipinski definition) is 0. The van der Waals surface area contributed by atoms with Gasteiger partial charge in [0, 0.05) is 36.2 Å². The summed E-state index contributed by atoms with van der Waals surface area (Å²) < 4.78 is 11.2. The third kappa shape index (κ3) is 3.93. The Kier molecular flexibility index (Phi) is 5.47. The van der Waals surface area contributed by atoms with Crippen LogP contribution in [-0.2, 0) is 16.0 Å². The van der Waals surface area contributed by atoms with Gasteiger partial charge in [-0.3, -0.25) is 4.79 Å².